The number of fused-ring (bicyclic) bond motifs is 4. The molecule has 0 unspecified atom stereocenters. The van der Waals surface area contributed by atoms with Gasteiger partial charge in [-0.1, -0.05) is 84.4 Å². The highest BCUT2D eigenvalue weighted by atomic mass is 16.3. The SMILES string of the molecule is Cc1ccc(-n2c3ccc(-c4ccccc4)cc3c3cc(-c4ccc(-c5nc6ccccc6o5)cc4)ccc32)cc1. The van der Waals surface area contributed by atoms with E-state index >= 15 is 0 Å². The molecule has 194 valence electrons. The van der Waals surface area contributed by atoms with Crippen LogP contribution in [0.25, 0.3) is 72.3 Å². The van der Waals surface area contributed by atoms with Crippen molar-refractivity contribution in [3.8, 4) is 39.4 Å². The van der Waals surface area contributed by atoms with Gasteiger partial charge >= 0.3 is 0 Å². The van der Waals surface area contributed by atoms with E-state index in [-0.39, 0.29) is 0 Å². The van der Waals surface area contributed by atoms with Crippen LogP contribution in [0.5, 0.6) is 0 Å². The summed E-state index contributed by atoms with van der Waals surface area (Å²) in [5.74, 6) is 0.641. The quantitative estimate of drug-likeness (QED) is 0.228. The second kappa shape index (κ2) is 9.35. The molecule has 2 aromatic heterocycles. The van der Waals surface area contributed by atoms with Gasteiger partial charge in [-0.05, 0) is 89.8 Å². The van der Waals surface area contributed by atoms with Crippen molar-refractivity contribution in [1.82, 2.24) is 9.55 Å². The van der Waals surface area contributed by atoms with Gasteiger partial charge in [-0.15, -0.1) is 0 Å². The molecule has 0 N–H and O–H groups in total. The average molecular weight is 527 g/mol. The van der Waals surface area contributed by atoms with Crippen LogP contribution in [0, 0.1) is 6.92 Å². The molecule has 0 spiro atoms. The van der Waals surface area contributed by atoms with Crippen LogP contribution in [0.4, 0.5) is 0 Å². The number of nitrogens with zero attached hydrogens (tertiary/aromatic N) is 2. The van der Waals surface area contributed by atoms with Crippen molar-refractivity contribution in [2.45, 2.75) is 6.92 Å². The zero-order valence-electron chi connectivity index (χ0n) is 22.6. The fourth-order valence-electron chi connectivity index (χ4n) is 5.79. The van der Waals surface area contributed by atoms with Gasteiger partial charge in [-0.2, -0.15) is 0 Å². The predicted octanol–water partition coefficient (Wildman–Crippen LogP) is 10.2. The summed E-state index contributed by atoms with van der Waals surface area (Å²) < 4.78 is 8.37. The first-order valence-corrected chi connectivity index (χ1v) is 13.9. The van der Waals surface area contributed by atoms with E-state index in [9.17, 15) is 0 Å². The minimum atomic E-state index is 0.641. The summed E-state index contributed by atoms with van der Waals surface area (Å²) in [7, 11) is 0. The Balaban J connectivity index is 1.27. The molecule has 2 heterocycles. The number of benzene rings is 6. The van der Waals surface area contributed by atoms with Gasteiger partial charge in [0.2, 0.25) is 5.89 Å². The molecular weight excluding hydrogens is 500 g/mol. The monoisotopic (exact) mass is 526 g/mol. The number of rotatable bonds is 4. The van der Waals surface area contributed by atoms with Gasteiger partial charge in [0.15, 0.2) is 5.58 Å². The van der Waals surface area contributed by atoms with Gasteiger partial charge in [0.1, 0.15) is 5.52 Å². The Bertz CT molecular complexity index is 2150. The normalized spacial score (nSPS) is 11.5. The third-order valence-electron chi connectivity index (χ3n) is 7.92. The highest BCUT2D eigenvalue weighted by Gasteiger charge is 2.15. The lowest BCUT2D eigenvalue weighted by Crippen LogP contribution is -1.93. The minimum absolute atomic E-state index is 0.641. The molecule has 0 atom stereocenters. The number of aromatic nitrogens is 2. The smallest absolute Gasteiger partial charge is 0.227 e. The summed E-state index contributed by atoms with van der Waals surface area (Å²) in [6.45, 7) is 2.13. The third-order valence-corrected chi connectivity index (χ3v) is 7.92. The van der Waals surface area contributed by atoms with Crippen LogP contribution >= 0.6 is 0 Å². The van der Waals surface area contributed by atoms with E-state index in [2.05, 4.69) is 132 Å². The fourth-order valence-corrected chi connectivity index (χ4v) is 5.79. The largest absolute Gasteiger partial charge is 0.436 e. The van der Waals surface area contributed by atoms with Crippen LogP contribution < -0.4 is 0 Å². The van der Waals surface area contributed by atoms with E-state index in [0.717, 1.165) is 22.2 Å². The standard InChI is InChI=1S/C38H26N2O/c1-25-11-19-31(20-12-25)40-35-21-17-29(26-7-3-2-4-8-26)23-32(35)33-24-30(18-22-36(33)40)27-13-15-28(16-14-27)38-39-34-9-5-6-10-37(34)41-38/h2-24H,1H3. The molecule has 8 rings (SSSR count). The summed E-state index contributed by atoms with van der Waals surface area (Å²) in [5.41, 5.74) is 12.2. The van der Waals surface area contributed by atoms with Gasteiger partial charge in [0.25, 0.3) is 0 Å². The second-order valence-electron chi connectivity index (χ2n) is 10.6. The molecule has 0 bridgehead atoms. The Morgan fingerprint density at radius 1 is 0.512 bits per heavy atom. The first-order chi connectivity index (χ1) is 20.2. The molecular formula is C38H26N2O. The van der Waals surface area contributed by atoms with E-state index < -0.39 is 0 Å². The van der Waals surface area contributed by atoms with E-state index in [1.165, 1.54) is 49.7 Å². The Kier molecular flexibility index (Phi) is 5.36. The molecule has 0 aliphatic heterocycles. The van der Waals surface area contributed by atoms with Crippen molar-refractivity contribution in [2.24, 2.45) is 0 Å². The number of hydrogen-bond donors (Lipinski definition) is 0. The van der Waals surface area contributed by atoms with Crippen molar-refractivity contribution in [3.63, 3.8) is 0 Å². The molecule has 8 aromatic rings. The third kappa shape index (κ3) is 4.02. The van der Waals surface area contributed by atoms with Gasteiger partial charge in [0.05, 0.1) is 11.0 Å². The molecule has 0 saturated carbocycles. The van der Waals surface area contributed by atoms with Crippen molar-refractivity contribution >= 4 is 32.9 Å². The lowest BCUT2D eigenvalue weighted by molar-refractivity contribution is 0.620. The van der Waals surface area contributed by atoms with Crippen LogP contribution in [0.2, 0.25) is 0 Å². The van der Waals surface area contributed by atoms with Crippen molar-refractivity contribution in [2.75, 3.05) is 0 Å². The van der Waals surface area contributed by atoms with Gasteiger partial charge < -0.3 is 8.98 Å². The molecule has 41 heavy (non-hydrogen) atoms. The lowest BCUT2D eigenvalue weighted by atomic mass is 9.99. The van der Waals surface area contributed by atoms with Crippen LogP contribution in [-0.2, 0) is 0 Å². The summed E-state index contributed by atoms with van der Waals surface area (Å²) in [5, 5.41) is 2.48. The molecule has 3 nitrogen and oxygen atoms in total. The topological polar surface area (TPSA) is 31.0 Å². The maximum atomic E-state index is 5.99. The molecule has 0 saturated heterocycles. The van der Waals surface area contributed by atoms with Crippen LogP contribution in [0.15, 0.2) is 144 Å². The fraction of sp³-hybridized carbons (Fsp3) is 0.0263. The molecule has 0 aliphatic rings. The van der Waals surface area contributed by atoms with Crippen LogP contribution in [0.1, 0.15) is 5.56 Å². The zero-order valence-corrected chi connectivity index (χ0v) is 22.6. The Hall–Kier alpha value is -5.41. The molecule has 0 aliphatic carbocycles. The molecule has 6 aromatic carbocycles. The summed E-state index contributed by atoms with van der Waals surface area (Å²) >= 11 is 0. The molecule has 0 fully saturated rings. The first kappa shape index (κ1) is 23.5. The van der Waals surface area contributed by atoms with Crippen molar-refractivity contribution < 1.29 is 4.42 Å². The van der Waals surface area contributed by atoms with Crippen LogP contribution in [-0.4, -0.2) is 9.55 Å². The van der Waals surface area contributed by atoms with Gasteiger partial charge in [0, 0.05) is 22.0 Å². The Labute approximate surface area is 238 Å². The Morgan fingerprint density at radius 2 is 1.07 bits per heavy atom. The van der Waals surface area contributed by atoms with E-state index in [1.807, 2.05) is 24.3 Å². The number of para-hydroxylation sites is 2. The zero-order chi connectivity index (χ0) is 27.3. The van der Waals surface area contributed by atoms with Gasteiger partial charge in [-0.25, -0.2) is 4.98 Å². The number of oxazole rings is 1. The van der Waals surface area contributed by atoms with E-state index in [4.69, 9.17) is 4.42 Å². The maximum absolute atomic E-state index is 5.99. The first-order valence-electron chi connectivity index (χ1n) is 13.9. The van der Waals surface area contributed by atoms with Crippen molar-refractivity contribution in [3.05, 3.63) is 145 Å². The summed E-state index contributed by atoms with van der Waals surface area (Å²) in [4.78, 5) is 4.66. The molecule has 3 heteroatoms. The van der Waals surface area contributed by atoms with E-state index in [1.54, 1.807) is 0 Å². The highest BCUT2D eigenvalue weighted by Crippen LogP contribution is 2.37. The second-order valence-corrected chi connectivity index (χ2v) is 10.6. The Morgan fingerprint density at radius 3 is 1.73 bits per heavy atom. The predicted molar refractivity (Wildman–Crippen MR) is 169 cm³/mol. The van der Waals surface area contributed by atoms with Crippen molar-refractivity contribution in [1.29, 1.82) is 0 Å². The summed E-state index contributed by atoms with van der Waals surface area (Å²) in [6, 6.07) is 49.3. The molecule has 0 radical (unpaired) electrons. The van der Waals surface area contributed by atoms with E-state index in [0.29, 0.717) is 5.89 Å². The lowest BCUT2D eigenvalue weighted by Gasteiger charge is -2.09. The van der Waals surface area contributed by atoms with Gasteiger partial charge in [-0.3, -0.25) is 0 Å². The van der Waals surface area contributed by atoms with Crippen LogP contribution in [0.3, 0.4) is 0 Å². The average Bonchev–Trinajstić information content (AvgIpc) is 3.61. The number of hydrogen-bond acceptors (Lipinski definition) is 2. The number of aryl methyl sites for hydroxylation is 1. The minimum Gasteiger partial charge on any atom is -0.436 e. The summed E-state index contributed by atoms with van der Waals surface area (Å²) in [6.07, 6.45) is 0. The highest BCUT2D eigenvalue weighted by molar-refractivity contribution is 6.11. The maximum Gasteiger partial charge on any atom is 0.227 e. The molecule has 0 amide bonds.